The quantitative estimate of drug-likeness (QED) is 0.0786. The van der Waals surface area contributed by atoms with E-state index in [9.17, 15) is 39.5 Å². The van der Waals surface area contributed by atoms with E-state index in [0.29, 0.717) is 116 Å². The second-order valence-corrected chi connectivity index (χ2v) is 34.6. The number of likely N-dealkylation sites (tertiary alicyclic amines) is 1. The van der Waals surface area contributed by atoms with Crippen LogP contribution in [0.2, 0.25) is 5.02 Å². The molecular formula is C88H96ClF9N20O. The van der Waals surface area contributed by atoms with Gasteiger partial charge in [-0.25, -0.2) is 23.1 Å². The van der Waals surface area contributed by atoms with Crippen molar-refractivity contribution in [3.63, 3.8) is 0 Å². The number of benzene rings is 3. The van der Waals surface area contributed by atoms with Crippen molar-refractivity contribution >= 4 is 57.2 Å². The molecule has 14 heterocycles. The number of nitrogens with zero attached hydrogens (tertiary/aromatic N) is 20. The molecule has 0 amide bonds. The number of anilines is 4. The number of piperazine rings is 2. The van der Waals surface area contributed by atoms with Gasteiger partial charge in [-0.15, -0.1) is 40.8 Å². The highest BCUT2D eigenvalue weighted by Gasteiger charge is 2.51. The van der Waals surface area contributed by atoms with Crippen LogP contribution in [0.3, 0.4) is 0 Å². The molecule has 4 saturated heterocycles. The van der Waals surface area contributed by atoms with Crippen molar-refractivity contribution in [1.29, 1.82) is 0 Å². The van der Waals surface area contributed by atoms with E-state index in [1.807, 2.05) is 50.7 Å². The van der Waals surface area contributed by atoms with Gasteiger partial charge in [0.1, 0.15) is 51.9 Å². The van der Waals surface area contributed by atoms with Crippen LogP contribution in [0.4, 0.5) is 62.5 Å². The number of hydrogen-bond donors (Lipinski definition) is 0. The van der Waals surface area contributed by atoms with Crippen LogP contribution >= 0.6 is 11.6 Å². The Labute approximate surface area is 688 Å². The Kier molecular flexibility index (Phi) is 22.1. The van der Waals surface area contributed by atoms with Crippen molar-refractivity contribution in [2.45, 2.75) is 166 Å². The van der Waals surface area contributed by atoms with E-state index in [-0.39, 0.29) is 34.9 Å². The van der Waals surface area contributed by atoms with E-state index >= 15 is 0 Å². The number of alkyl halides is 6. The molecule has 4 aliphatic carbocycles. The fraction of sp³-hybridized carbons (Fsp3) is 0.477. The molecule has 21 nitrogen and oxygen atoms in total. The first-order valence-corrected chi connectivity index (χ1v) is 42.2. The van der Waals surface area contributed by atoms with Gasteiger partial charge in [-0.05, 0) is 223 Å². The van der Waals surface area contributed by atoms with Crippen molar-refractivity contribution in [3.05, 3.63) is 225 Å². The molecule has 0 radical (unpaired) electrons. The van der Waals surface area contributed by atoms with E-state index in [1.54, 1.807) is 60.0 Å². The maximum Gasteiger partial charge on any atom is 0.422 e. The lowest BCUT2D eigenvalue weighted by atomic mass is 9.82. The van der Waals surface area contributed by atoms with Gasteiger partial charge in [0.15, 0.2) is 22.6 Å². The van der Waals surface area contributed by atoms with Crippen LogP contribution in [-0.2, 0) is 67.1 Å². The highest BCUT2D eigenvalue weighted by molar-refractivity contribution is 6.34. The SMILES string of the molecule is Cc1c(N2CCC3(CC2)OC(C)(C)c2cc(F)ccc23)ccn2c(CC3CC3)nnc12.FC(F)(F)c1c(CN2CCC(c3ccccc3)CC2)ccn2c(CC3CC3)nnc12.FC(F)(F)c1c(N2CCN(c3ncccn3)CC2)ccn2c(CC3CC3)nnc12.Fc1ccc(N2CCN(Cc3ccn4c(CC5CC5)nnc4c3Cl)CC2)c(F)c1. The van der Waals surface area contributed by atoms with Crippen molar-refractivity contribution in [2.24, 2.45) is 23.7 Å². The number of aromatic nitrogens is 14. The molecule has 31 heteroatoms. The van der Waals surface area contributed by atoms with Gasteiger partial charge in [-0.1, -0.05) is 48.0 Å². The number of hydrogen-bond acceptors (Lipinski definition) is 17. The predicted octanol–water partition coefficient (Wildman–Crippen LogP) is 16.7. The summed E-state index contributed by atoms with van der Waals surface area (Å²) in [5, 5.41) is 34.3. The number of aryl methyl sites for hydroxylation is 1. The molecule has 8 fully saturated rings. The average molecular weight is 1660 g/mol. The van der Waals surface area contributed by atoms with E-state index in [2.05, 4.69) is 115 Å². The first-order valence-electron chi connectivity index (χ1n) is 41.9. The second kappa shape index (κ2) is 32.8. The standard InChI is InChI=1S/C25H29FN4O.C23H25F3N4.C21H22ClF2N5.C19H20F3N7/c1-16-21(8-11-30-22(14-17-4-5-17)27-28-23(16)30)29-12-9-25(10-13-29)19-7-6-18(26)15-20(19)24(2,3)31-25;24-23(25,26)21-19(10-13-30-20(14-16-6-7-16)27-28-22(21)30)15-29-11-8-18(9-12-29)17-4-2-1-3-5-17;22-20-15(5-6-29-19(11-14-1-2-14)25-26-21(20)29)13-27-7-9-28(10-8-27)18-4-3-16(23)12-17(18)24;20-19(21,22)16-14(4-7-29-15(12-13-2-3-13)25-26-17(16)29)27-8-10-28(11-9-27)18-23-5-1-6-24-18/h6-8,11,15,17H,4-5,9-10,12-14H2,1-3H3;1-5,10,13,16,18H,6-9,11-12,14-15H2;3-6,12,14H,1-2,7-11,13H2;1,4-7,13H,2-3,8-12H2. The van der Waals surface area contributed by atoms with Crippen molar-refractivity contribution in [3.8, 4) is 0 Å². The third-order valence-corrected chi connectivity index (χ3v) is 25.8. The van der Waals surface area contributed by atoms with Gasteiger partial charge in [-0.3, -0.25) is 27.4 Å². The molecular weight excluding hydrogens is 1560 g/mol. The number of halogens is 10. The molecule has 0 unspecified atom stereocenters. The molecule has 3 aromatic carbocycles. The summed E-state index contributed by atoms with van der Waals surface area (Å²) in [4.78, 5) is 21.0. The fourth-order valence-electron chi connectivity index (χ4n) is 18.1. The highest BCUT2D eigenvalue weighted by Crippen LogP contribution is 2.53. The zero-order valence-corrected chi connectivity index (χ0v) is 67.7. The topological polar surface area (TPSA) is 175 Å². The monoisotopic (exact) mass is 1650 g/mol. The molecule has 0 N–H and O–H groups in total. The number of ether oxygens (including phenoxy) is 1. The van der Waals surface area contributed by atoms with Crippen LogP contribution in [0.1, 0.15) is 165 Å². The van der Waals surface area contributed by atoms with E-state index < -0.39 is 40.7 Å². The smallest absolute Gasteiger partial charge is 0.371 e. The lowest BCUT2D eigenvalue weighted by Gasteiger charge is -2.42. The lowest BCUT2D eigenvalue weighted by molar-refractivity contribution is -0.138. The normalized spacial score (nSPS) is 19.2. The molecule has 12 aromatic rings. The summed E-state index contributed by atoms with van der Waals surface area (Å²) < 4.78 is 139. The summed E-state index contributed by atoms with van der Waals surface area (Å²) in [5.74, 6) is 5.70. The minimum atomic E-state index is -4.51. The second-order valence-electron chi connectivity index (χ2n) is 34.2. The third-order valence-electron chi connectivity index (χ3n) is 25.3. The number of piperidine rings is 2. The van der Waals surface area contributed by atoms with Crippen LogP contribution < -0.4 is 19.6 Å². The maximum absolute atomic E-state index is 14.0. The minimum absolute atomic E-state index is 0.0604. The van der Waals surface area contributed by atoms with Gasteiger partial charge in [-0.2, -0.15) is 26.3 Å². The first kappa shape index (κ1) is 80.0. The Hall–Kier alpha value is -10.0. The summed E-state index contributed by atoms with van der Waals surface area (Å²) >= 11 is 6.64. The molecule has 5 aliphatic heterocycles. The van der Waals surface area contributed by atoms with Gasteiger partial charge in [0.2, 0.25) is 5.95 Å². The number of fused-ring (bicyclic) bond motifs is 6. The molecule has 4 saturated carbocycles. The predicted molar refractivity (Wildman–Crippen MR) is 435 cm³/mol. The Balaban J connectivity index is 0.000000109. The van der Waals surface area contributed by atoms with Crippen LogP contribution in [0.15, 0.2) is 134 Å². The zero-order valence-electron chi connectivity index (χ0n) is 66.9. The first-order chi connectivity index (χ1) is 57.4. The third kappa shape index (κ3) is 17.4. The van der Waals surface area contributed by atoms with Gasteiger partial charge in [0, 0.05) is 159 Å². The largest absolute Gasteiger partial charge is 0.422 e. The summed E-state index contributed by atoms with van der Waals surface area (Å²) in [5.41, 5.74) is 7.18. The Morgan fingerprint density at radius 3 is 1.45 bits per heavy atom. The van der Waals surface area contributed by atoms with Crippen molar-refractivity contribution in [1.82, 2.24) is 78.2 Å². The van der Waals surface area contributed by atoms with E-state index in [1.165, 1.54) is 63.4 Å². The van der Waals surface area contributed by atoms with Crippen LogP contribution in [0, 0.1) is 48.0 Å². The average Bonchev–Trinajstić information content (AvgIpc) is 1.57. The highest BCUT2D eigenvalue weighted by atomic mass is 35.5. The van der Waals surface area contributed by atoms with Crippen molar-refractivity contribution < 1.29 is 44.3 Å². The zero-order chi connectivity index (χ0) is 82.1. The molecule has 21 rings (SSSR count). The summed E-state index contributed by atoms with van der Waals surface area (Å²) in [6.07, 6.45) is 18.6. The fourth-order valence-corrected chi connectivity index (χ4v) is 18.3. The molecule has 1 spiro atoms. The molecule has 0 bridgehead atoms. The Bertz CT molecular complexity index is 5610. The van der Waals surface area contributed by atoms with Crippen LogP contribution in [-0.4, -0.2) is 157 Å². The molecule has 9 aromatic heterocycles. The molecule has 119 heavy (non-hydrogen) atoms. The maximum atomic E-state index is 14.0. The van der Waals surface area contributed by atoms with Gasteiger partial charge in [0.25, 0.3) is 0 Å². The van der Waals surface area contributed by atoms with Crippen LogP contribution in [0.5, 0.6) is 0 Å². The lowest BCUT2D eigenvalue weighted by Crippen LogP contribution is -2.47. The van der Waals surface area contributed by atoms with Gasteiger partial charge >= 0.3 is 12.4 Å². The van der Waals surface area contributed by atoms with Crippen LogP contribution in [0.25, 0.3) is 22.6 Å². The van der Waals surface area contributed by atoms with E-state index in [4.69, 9.17) is 16.3 Å². The molecule has 9 aliphatic rings. The molecule has 0 atom stereocenters. The number of rotatable bonds is 17. The summed E-state index contributed by atoms with van der Waals surface area (Å²) in [7, 11) is 0. The van der Waals surface area contributed by atoms with Gasteiger partial charge in [0.05, 0.1) is 27.6 Å². The Morgan fingerprint density at radius 1 is 0.429 bits per heavy atom. The minimum Gasteiger partial charge on any atom is -0.371 e. The van der Waals surface area contributed by atoms with Crippen molar-refractivity contribution in [2.75, 3.05) is 98.1 Å². The summed E-state index contributed by atoms with van der Waals surface area (Å²) in [6.45, 7) is 15.5. The summed E-state index contributed by atoms with van der Waals surface area (Å²) in [6, 6.07) is 28.4. The molecule has 624 valence electrons. The van der Waals surface area contributed by atoms with E-state index in [0.717, 1.165) is 155 Å². The van der Waals surface area contributed by atoms with Gasteiger partial charge < -0.3 is 24.3 Å². The Morgan fingerprint density at radius 2 is 0.882 bits per heavy atom. The number of pyridine rings is 4.